The van der Waals surface area contributed by atoms with E-state index in [4.69, 9.17) is 0 Å². The number of hydrogen-bond acceptors (Lipinski definition) is 3. The van der Waals surface area contributed by atoms with Crippen molar-refractivity contribution in [2.24, 2.45) is 0 Å². The molecule has 0 bridgehead atoms. The van der Waals surface area contributed by atoms with E-state index in [-0.39, 0.29) is 41.8 Å². The van der Waals surface area contributed by atoms with E-state index in [0.717, 1.165) is 16.7 Å². The first-order chi connectivity index (χ1) is 16.8. The summed E-state index contributed by atoms with van der Waals surface area (Å²) in [4.78, 5) is 28.3. The summed E-state index contributed by atoms with van der Waals surface area (Å²) in [6.45, 7) is 3.93. The number of benzene rings is 3. The van der Waals surface area contributed by atoms with Crippen molar-refractivity contribution in [1.82, 2.24) is 10.2 Å². The van der Waals surface area contributed by atoms with Gasteiger partial charge in [-0.25, -0.2) is 8.78 Å². The minimum atomic E-state index is -0.733. The van der Waals surface area contributed by atoms with Gasteiger partial charge in [-0.3, -0.25) is 9.59 Å². The van der Waals surface area contributed by atoms with Gasteiger partial charge in [-0.05, 0) is 54.8 Å². The molecule has 184 valence electrons. The first kappa shape index (κ1) is 26.4. The van der Waals surface area contributed by atoms with Gasteiger partial charge in [-0.2, -0.15) is 0 Å². The van der Waals surface area contributed by atoms with E-state index in [2.05, 4.69) is 5.32 Å². The maximum Gasteiger partial charge on any atom is 0.243 e. The van der Waals surface area contributed by atoms with E-state index >= 15 is 0 Å². The Balaban J connectivity index is 1.83. The Morgan fingerprint density at radius 1 is 0.829 bits per heavy atom. The summed E-state index contributed by atoms with van der Waals surface area (Å²) in [7, 11) is 0. The van der Waals surface area contributed by atoms with Gasteiger partial charge >= 0.3 is 0 Å². The predicted molar refractivity (Wildman–Crippen MR) is 137 cm³/mol. The molecule has 35 heavy (non-hydrogen) atoms. The molecule has 0 aliphatic heterocycles. The molecule has 3 rings (SSSR count). The first-order valence-electron chi connectivity index (χ1n) is 11.5. The molecule has 0 aliphatic carbocycles. The molecular formula is C28H30F2N2O2S. The van der Waals surface area contributed by atoms with Crippen molar-refractivity contribution in [2.45, 2.75) is 44.6 Å². The fourth-order valence-electron chi connectivity index (χ4n) is 3.64. The Labute approximate surface area is 209 Å². The molecule has 0 aromatic heterocycles. The van der Waals surface area contributed by atoms with E-state index in [0.29, 0.717) is 12.2 Å². The molecule has 1 unspecified atom stereocenters. The molecule has 1 N–H and O–H groups in total. The van der Waals surface area contributed by atoms with Crippen LogP contribution in [0.2, 0.25) is 0 Å². The lowest BCUT2D eigenvalue weighted by Crippen LogP contribution is -2.52. The summed E-state index contributed by atoms with van der Waals surface area (Å²) >= 11 is 1.41. The third kappa shape index (κ3) is 8.51. The molecule has 3 aromatic rings. The number of rotatable bonds is 11. The van der Waals surface area contributed by atoms with Crippen molar-refractivity contribution in [1.29, 1.82) is 0 Å². The zero-order valence-corrected chi connectivity index (χ0v) is 20.7. The van der Waals surface area contributed by atoms with Crippen LogP contribution < -0.4 is 5.32 Å². The van der Waals surface area contributed by atoms with E-state index in [1.54, 1.807) is 29.2 Å². The van der Waals surface area contributed by atoms with Gasteiger partial charge in [-0.1, -0.05) is 54.6 Å². The van der Waals surface area contributed by atoms with E-state index in [1.807, 2.05) is 44.2 Å². The summed E-state index contributed by atoms with van der Waals surface area (Å²) in [5.74, 6) is -0.402. The van der Waals surface area contributed by atoms with Crippen molar-refractivity contribution in [3.05, 3.63) is 107 Å². The van der Waals surface area contributed by atoms with Crippen molar-refractivity contribution in [3.8, 4) is 0 Å². The van der Waals surface area contributed by atoms with Crippen LogP contribution in [-0.2, 0) is 28.3 Å². The number of amides is 2. The highest BCUT2D eigenvalue weighted by Crippen LogP contribution is 2.19. The lowest BCUT2D eigenvalue weighted by atomic mass is 10.0. The van der Waals surface area contributed by atoms with Crippen LogP contribution in [0.4, 0.5) is 8.78 Å². The van der Waals surface area contributed by atoms with Gasteiger partial charge in [0, 0.05) is 24.8 Å². The van der Waals surface area contributed by atoms with Crippen molar-refractivity contribution in [3.63, 3.8) is 0 Å². The normalized spacial score (nSPS) is 11.8. The van der Waals surface area contributed by atoms with Crippen LogP contribution >= 0.6 is 11.8 Å². The topological polar surface area (TPSA) is 49.4 Å². The molecular weight excluding hydrogens is 466 g/mol. The van der Waals surface area contributed by atoms with Gasteiger partial charge < -0.3 is 10.2 Å². The zero-order valence-electron chi connectivity index (χ0n) is 19.9. The Hall–Kier alpha value is -3.19. The van der Waals surface area contributed by atoms with Gasteiger partial charge in [0.25, 0.3) is 0 Å². The number of hydrogen-bond donors (Lipinski definition) is 1. The Morgan fingerprint density at radius 2 is 1.40 bits per heavy atom. The SMILES string of the molecule is CC(C)NC(=O)C(Cc1ccccc1)N(Cc1ccc(F)cc1)C(=O)CSCc1ccc(F)cc1. The molecule has 2 amide bonds. The van der Waals surface area contributed by atoms with Crippen LogP contribution in [0.5, 0.6) is 0 Å². The maximum atomic E-state index is 13.5. The fourth-order valence-corrected chi connectivity index (χ4v) is 4.51. The van der Waals surface area contributed by atoms with Gasteiger partial charge in [0.15, 0.2) is 0 Å². The Kier molecular flexibility index (Phi) is 9.85. The minimum absolute atomic E-state index is 0.0867. The summed E-state index contributed by atoms with van der Waals surface area (Å²) in [6.07, 6.45) is 0.356. The fraction of sp³-hybridized carbons (Fsp3) is 0.286. The molecule has 0 spiro atoms. The highest BCUT2D eigenvalue weighted by Gasteiger charge is 2.30. The second-order valence-electron chi connectivity index (χ2n) is 8.64. The Bertz CT molecular complexity index is 1090. The zero-order chi connectivity index (χ0) is 25.2. The molecule has 0 radical (unpaired) electrons. The average molecular weight is 497 g/mol. The monoisotopic (exact) mass is 496 g/mol. The van der Waals surface area contributed by atoms with Crippen LogP contribution in [0.15, 0.2) is 78.9 Å². The van der Waals surface area contributed by atoms with E-state index in [9.17, 15) is 18.4 Å². The molecule has 7 heteroatoms. The first-order valence-corrected chi connectivity index (χ1v) is 12.7. The molecule has 4 nitrogen and oxygen atoms in total. The second kappa shape index (κ2) is 13.0. The lowest BCUT2D eigenvalue weighted by molar-refractivity contribution is -0.139. The molecule has 1 atom stereocenters. The Morgan fingerprint density at radius 3 is 1.97 bits per heavy atom. The highest BCUT2D eigenvalue weighted by molar-refractivity contribution is 7.99. The van der Waals surface area contributed by atoms with Gasteiger partial charge in [-0.15, -0.1) is 11.8 Å². The van der Waals surface area contributed by atoms with Gasteiger partial charge in [0.1, 0.15) is 17.7 Å². The quantitative estimate of drug-likeness (QED) is 0.389. The van der Waals surface area contributed by atoms with Crippen LogP contribution in [0.25, 0.3) is 0 Å². The van der Waals surface area contributed by atoms with Crippen molar-refractivity contribution >= 4 is 23.6 Å². The van der Waals surface area contributed by atoms with Crippen molar-refractivity contribution in [2.75, 3.05) is 5.75 Å². The average Bonchev–Trinajstić information content (AvgIpc) is 2.84. The third-order valence-corrected chi connectivity index (χ3v) is 6.36. The molecule has 0 saturated heterocycles. The second-order valence-corrected chi connectivity index (χ2v) is 9.62. The van der Waals surface area contributed by atoms with Gasteiger partial charge in [0.05, 0.1) is 5.75 Å². The predicted octanol–water partition coefficient (Wildman–Crippen LogP) is 5.36. The van der Waals surface area contributed by atoms with Crippen LogP contribution in [-0.4, -0.2) is 34.6 Å². The van der Waals surface area contributed by atoms with Crippen LogP contribution in [0.1, 0.15) is 30.5 Å². The minimum Gasteiger partial charge on any atom is -0.352 e. The number of halogens is 2. The third-order valence-electron chi connectivity index (χ3n) is 5.38. The summed E-state index contributed by atoms with van der Waals surface area (Å²) in [5, 5.41) is 2.95. The molecule has 0 saturated carbocycles. The lowest BCUT2D eigenvalue weighted by Gasteiger charge is -2.32. The van der Waals surface area contributed by atoms with E-state index < -0.39 is 6.04 Å². The summed E-state index contributed by atoms with van der Waals surface area (Å²) in [5.41, 5.74) is 2.58. The number of thioether (sulfide) groups is 1. The largest absolute Gasteiger partial charge is 0.352 e. The molecule has 0 heterocycles. The van der Waals surface area contributed by atoms with Crippen LogP contribution in [0, 0.1) is 11.6 Å². The van der Waals surface area contributed by atoms with Gasteiger partial charge in [0.2, 0.25) is 11.8 Å². The summed E-state index contributed by atoms with van der Waals surface area (Å²) in [6, 6.07) is 20.9. The standard InChI is InChI=1S/C28H30F2N2O2S/c1-20(2)31-28(34)26(16-21-6-4-3-5-7-21)32(17-22-8-12-24(29)13-9-22)27(33)19-35-18-23-10-14-25(30)15-11-23/h3-15,20,26H,16-19H2,1-2H3,(H,31,34). The highest BCUT2D eigenvalue weighted by atomic mass is 32.2. The molecule has 3 aromatic carbocycles. The maximum absolute atomic E-state index is 13.5. The number of carbonyl (C=O) groups is 2. The number of nitrogens with one attached hydrogen (secondary N) is 1. The number of nitrogens with zero attached hydrogens (tertiary/aromatic N) is 1. The molecule has 0 fully saturated rings. The van der Waals surface area contributed by atoms with E-state index in [1.165, 1.54) is 36.0 Å². The summed E-state index contributed by atoms with van der Waals surface area (Å²) < 4.78 is 26.7. The smallest absolute Gasteiger partial charge is 0.243 e. The molecule has 0 aliphatic rings. The van der Waals surface area contributed by atoms with Crippen molar-refractivity contribution < 1.29 is 18.4 Å². The number of carbonyl (C=O) groups excluding carboxylic acids is 2. The van der Waals surface area contributed by atoms with Crippen LogP contribution in [0.3, 0.4) is 0 Å².